The van der Waals surface area contributed by atoms with Crippen molar-refractivity contribution in [1.29, 1.82) is 0 Å². The summed E-state index contributed by atoms with van der Waals surface area (Å²) in [6, 6.07) is 0. The molecular weight excluding hydrogens is 306 g/mol. The molecule has 0 aromatic rings. The highest BCUT2D eigenvalue weighted by Crippen LogP contribution is 2.61. The van der Waals surface area contributed by atoms with Gasteiger partial charge < -0.3 is 5.21 Å². The minimum atomic E-state index is 0.442. The molecule has 2 aliphatic rings. The molecular formula is C23H39NO. The Morgan fingerprint density at radius 2 is 1.96 bits per heavy atom. The van der Waals surface area contributed by atoms with Crippen LogP contribution in [0.25, 0.3) is 0 Å². The Balaban J connectivity index is 2.02. The molecule has 142 valence electrons. The number of fused-ring (bicyclic) bond motifs is 1. The van der Waals surface area contributed by atoms with Crippen molar-refractivity contribution in [3.63, 3.8) is 0 Å². The Hall–Kier alpha value is -1.05. The molecule has 0 aromatic carbocycles. The molecule has 0 heterocycles. The van der Waals surface area contributed by atoms with Gasteiger partial charge in [-0.05, 0) is 87.9 Å². The van der Waals surface area contributed by atoms with Crippen molar-refractivity contribution in [3.8, 4) is 0 Å². The molecule has 0 saturated heterocycles. The van der Waals surface area contributed by atoms with E-state index < -0.39 is 0 Å². The second-order valence-electron chi connectivity index (χ2n) is 9.61. The maximum atomic E-state index is 8.74. The van der Waals surface area contributed by atoms with Crippen LogP contribution in [0.15, 0.2) is 29.0 Å². The van der Waals surface area contributed by atoms with Crippen LogP contribution in [0.3, 0.4) is 0 Å². The van der Waals surface area contributed by atoms with E-state index in [1.54, 1.807) is 0 Å². The molecule has 2 nitrogen and oxygen atoms in total. The lowest BCUT2D eigenvalue weighted by Crippen LogP contribution is -2.49. The fourth-order valence-electron chi connectivity index (χ4n) is 5.86. The lowest BCUT2D eigenvalue weighted by Gasteiger charge is -2.58. The lowest BCUT2D eigenvalue weighted by atomic mass is 9.47. The monoisotopic (exact) mass is 345 g/mol. The minimum Gasteiger partial charge on any atom is -0.411 e. The van der Waals surface area contributed by atoms with Crippen LogP contribution in [-0.4, -0.2) is 10.9 Å². The zero-order valence-corrected chi connectivity index (χ0v) is 17.2. The van der Waals surface area contributed by atoms with Gasteiger partial charge in [0.1, 0.15) is 0 Å². The summed E-state index contributed by atoms with van der Waals surface area (Å²) in [6.07, 6.45) is 13.3. The van der Waals surface area contributed by atoms with Gasteiger partial charge in [-0.3, -0.25) is 0 Å². The molecule has 0 unspecified atom stereocenters. The van der Waals surface area contributed by atoms with Crippen molar-refractivity contribution < 1.29 is 5.21 Å². The molecule has 3 atom stereocenters. The maximum Gasteiger partial charge on any atom is 0.0543 e. The standard InChI is InChI=1S/C23H39NO/c1-17(9-7-10-19(3)24-25)11-13-20-18(2)12-14-21-22(4,5)15-8-16-23(20,21)6/h9,20-21,25H,2,7-8,10-16H2,1,3-6H3/b17-9-,24-19-/t20-,21-,23-/m1/s1. The molecule has 1 N–H and O–H groups in total. The molecule has 0 bridgehead atoms. The van der Waals surface area contributed by atoms with E-state index in [1.165, 1.54) is 56.1 Å². The Morgan fingerprint density at radius 3 is 2.64 bits per heavy atom. The third-order valence-electron chi connectivity index (χ3n) is 7.32. The second-order valence-corrected chi connectivity index (χ2v) is 9.61. The number of rotatable bonds is 6. The SMILES string of the molecule is C=C1CC[C@@H]2C(C)(C)CCC[C@]2(C)[C@@H]1CC/C(C)=C\CC/C(C)=N\O. The van der Waals surface area contributed by atoms with Crippen LogP contribution in [0.2, 0.25) is 0 Å². The van der Waals surface area contributed by atoms with Gasteiger partial charge in [0.15, 0.2) is 0 Å². The third-order valence-corrected chi connectivity index (χ3v) is 7.32. The fourth-order valence-corrected chi connectivity index (χ4v) is 5.86. The largest absolute Gasteiger partial charge is 0.411 e. The third kappa shape index (κ3) is 4.57. The predicted molar refractivity (Wildman–Crippen MR) is 108 cm³/mol. The number of nitrogens with zero attached hydrogens (tertiary/aromatic N) is 1. The molecule has 0 radical (unpaired) electrons. The second kappa shape index (κ2) is 8.10. The minimum absolute atomic E-state index is 0.442. The van der Waals surface area contributed by atoms with E-state index in [2.05, 4.69) is 45.5 Å². The van der Waals surface area contributed by atoms with Gasteiger partial charge in [-0.25, -0.2) is 0 Å². The number of oxime groups is 1. The first-order valence-electron chi connectivity index (χ1n) is 10.2. The Bertz CT molecular complexity index is 542. The zero-order chi connectivity index (χ0) is 18.7. The van der Waals surface area contributed by atoms with Crippen LogP contribution >= 0.6 is 0 Å². The maximum absolute atomic E-state index is 8.74. The average Bonchev–Trinajstić information content (AvgIpc) is 2.53. The molecule has 0 amide bonds. The van der Waals surface area contributed by atoms with Gasteiger partial charge in [-0.2, -0.15) is 0 Å². The number of hydrogen-bond donors (Lipinski definition) is 1. The molecule has 2 fully saturated rings. The normalized spacial score (nSPS) is 33.2. The fraction of sp³-hybridized carbons (Fsp3) is 0.783. The molecule has 0 spiro atoms. The van der Waals surface area contributed by atoms with Gasteiger partial charge in [0, 0.05) is 0 Å². The zero-order valence-electron chi connectivity index (χ0n) is 17.2. The van der Waals surface area contributed by atoms with Crippen molar-refractivity contribution in [2.24, 2.45) is 27.8 Å². The first-order chi connectivity index (χ1) is 11.7. The molecule has 0 aliphatic heterocycles. The van der Waals surface area contributed by atoms with E-state index in [4.69, 9.17) is 5.21 Å². The lowest BCUT2D eigenvalue weighted by molar-refractivity contribution is -0.0539. The molecule has 2 saturated carbocycles. The van der Waals surface area contributed by atoms with E-state index in [1.807, 2.05) is 6.92 Å². The molecule has 2 rings (SSSR count). The summed E-state index contributed by atoms with van der Waals surface area (Å²) in [7, 11) is 0. The number of hydrogen-bond acceptors (Lipinski definition) is 2. The van der Waals surface area contributed by atoms with Gasteiger partial charge in [0.05, 0.1) is 5.71 Å². The topological polar surface area (TPSA) is 32.6 Å². The van der Waals surface area contributed by atoms with E-state index in [9.17, 15) is 0 Å². The van der Waals surface area contributed by atoms with E-state index in [0.717, 1.165) is 24.5 Å². The first-order valence-corrected chi connectivity index (χ1v) is 10.2. The highest BCUT2D eigenvalue weighted by atomic mass is 16.4. The van der Waals surface area contributed by atoms with Crippen LogP contribution < -0.4 is 0 Å². The molecule has 2 aliphatic carbocycles. The van der Waals surface area contributed by atoms with Crippen LogP contribution in [0, 0.1) is 22.7 Å². The summed E-state index contributed by atoms with van der Waals surface area (Å²) in [5.74, 6) is 1.52. The van der Waals surface area contributed by atoms with Crippen molar-refractivity contribution in [3.05, 3.63) is 23.8 Å². The first kappa shape index (κ1) is 20.3. The average molecular weight is 346 g/mol. The van der Waals surface area contributed by atoms with Gasteiger partial charge in [-0.1, -0.05) is 56.1 Å². The molecule has 0 aromatic heterocycles. The van der Waals surface area contributed by atoms with Crippen molar-refractivity contribution in [2.45, 2.75) is 92.4 Å². The van der Waals surface area contributed by atoms with Gasteiger partial charge in [0.2, 0.25) is 0 Å². The van der Waals surface area contributed by atoms with Crippen LogP contribution in [-0.2, 0) is 0 Å². The van der Waals surface area contributed by atoms with Crippen molar-refractivity contribution in [2.75, 3.05) is 0 Å². The molecule has 25 heavy (non-hydrogen) atoms. The Morgan fingerprint density at radius 1 is 1.24 bits per heavy atom. The van der Waals surface area contributed by atoms with Gasteiger partial charge in [-0.15, -0.1) is 0 Å². The summed E-state index contributed by atoms with van der Waals surface area (Å²) < 4.78 is 0. The summed E-state index contributed by atoms with van der Waals surface area (Å²) in [5, 5.41) is 12.0. The molecule has 2 heteroatoms. The van der Waals surface area contributed by atoms with Gasteiger partial charge >= 0.3 is 0 Å². The van der Waals surface area contributed by atoms with Crippen LogP contribution in [0.4, 0.5) is 0 Å². The van der Waals surface area contributed by atoms with Crippen molar-refractivity contribution >= 4 is 5.71 Å². The highest BCUT2D eigenvalue weighted by Gasteiger charge is 2.52. The van der Waals surface area contributed by atoms with Crippen LogP contribution in [0.1, 0.15) is 92.4 Å². The van der Waals surface area contributed by atoms with E-state index in [-0.39, 0.29) is 0 Å². The summed E-state index contributed by atoms with van der Waals surface area (Å²) in [6.45, 7) is 16.2. The quantitative estimate of drug-likeness (QED) is 0.236. The summed E-state index contributed by atoms with van der Waals surface area (Å²) >= 11 is 0. The van der Waals surface area contributed by atoms with Crippen molar-refractivity contribution in [1.82, 2.24) is 0 Å². The van der Waals surface area contributed by atoms with E-state index >= 15 is 0 Å². The smallest absolute Gasteiger partial charge is 0.0543 e. The number of allylic oxidation sites excluding steroid dienone is 3. The van der Waals surface area contributed by atoms with Gasteiger partial charge in [0.25, 0.3) is 0 Å². The summed E-state index contributed by atoms with van der Waals surface area (Å²) in [4.78, 5) is 0. The van der Waals surface area contributed by atoms with Crippen LogP contribution in [0.5, 0.6) is 0 Å². The Kier molecular flexibility index (Phi) is 6.56. The van der Waals surface area contributed by atoms with E-state index in [0.29, 0.717) is 16.7 Å². The summed E-state index contributed by atoms with van der Waals surface area (Å²) in [5.41, 5.74) is 4.71. The highest BCUT2D eigenvalue weighted by molar-refractivity contribution is 5.81. The Labute approximate surface area is 155 Å². The predicted octanol–water partition coefficient (Wildman–Crippen LogP) is 7.14.